The maximum atomic E-state index is 15.5. The molecule has 5 aliphatic rings. The molecule has 1 unspecified atom stereocenters. The second-order valence-corrected chi connectivity index (χ2v) is 20.3. The Morgan fingerprint density at radius 2 is 1.86 bits per heavy atom. The highest BCUT2D eigenvalue weighted by Crippen LogP contribution is 2.49. The number of carboxylic acid groups (broad SMARTS) is 1. The topological polar surface area (TPSA) is 203 Å². The number of hydrogen-bond acceptors (Lipinski definition) is 11. The smallest absolute Gasteiger partial charge is 0.414 e. The Bertz CT molecular complexity index is 2300. The third-order valence-electron chi connectivity index (χ3n) is 13.8. The van der Waals surface area contributed by atoms with Crippen molar-refractivity contribution in [1.82, 2.24) is 24.8 Å². The highest BCUT2D eigenvalue weighted by molar-refractivity contribution is 7.91. The van der Waals surface area contributed by atoms with E-state index in [0.717, 1.165) is 11.0 Å². The van der Waals surface area contributed by atoms with Gasteiger partial charge in [-0.05, 0) is 87.6 Å². The molecule has 352 valence electrons. The number of allylic oxidation sites excluding steroid dienone is 1. The second kappa shape index (κ2) is 17.5. The number of hydrogen-bond donors (Lipinski definition) is 3. The Labute approximate surface area is 368 Å². The van der Waals surface area contributed by atoms with Crippen LogP contribution in [0.4, 0.5) is 22.4 Å². The van der Waals surface area contributed by atoms with Crippen molar-refractivity contribution in [3.8, 4) is 17.5 Å². The van der Waals surface area contributed by atoms with Gasteiger partial charge in [-0.1, -0.05) is 32.4 Å². The molecule has 64 heavy (non-hydrogen) atoms. The molecule has 16 nitrogen and oxygen atoms in total. The lowest BCUT2D eigenvalue weighted by atomic mass is 9.80. The first kappa shape index (κ1) is 47.1. The van der Waals surface area contributed by atoms with E-state index in [-0.39, 0.29) is 72.4 Å². The third kappa shape index (κ3) is 8.65. The number of sulfonamides is 1. The summed E-state index contributed by atoms with van der Waals surface area (Å²) in [5, 5.41) is 14.1. The van der Waals surface area contributed by atoms with Crippen molar-refractivity contribution >= 4 is 44.6 Å². The molecule has 3 aliphatic heterocycles. The summed E-state index contributed by atoms with van der Waals surface area (Å²) >= 11 is 0. The van der Waals surface area contributed by atoms with Gasteiger partial charge in [0, 0.05) is 30.4 Å². The van der Waals surface area contributed by atoms with Crippen molar-refractivity contribution in [2.75, 3.05) is 34.0 Å². The van der Waals surface area contributed by atoms with E-state index in [2.05, 4.69) is 15.0 Å². The molecule has 1 aromatic carbocycles. The molecular formula is C43H55F4N5O11S. The summed E-state index contributed by atoms with van der Waals surface area (Å²) in [6, 6.07) is 0.403. The number of rotatable bonds is 10. The van der Waals surface area contributed by atoms with Crippen molar-refractivity contribution in [3.63, 3.8) is 0 Å². The fourth-order valence-corrected chi connectivity index (χ4v) is 10.8. The first-order valence-electron chi connectivity index (χ1n) is 21.6. The number of benzene rings is 1. The van der Waals surface area contributed by atoms with Gasteiger partial charge < -0.3 is 34.3 Å². The zero-order valence-corrected chi connectivity index (χ0v) is 37.2. The van der Waals surface area contributed by atoms with Gasteiger partial charge in [0.2, 0.25) is 33.6 Å². The van der Waals surface area contributed by atoms with Gasteiger partial charge in [0.15, 0.2) is 17.1 Å². The van der Waals surface area contributed by atoms with E-state index < -0.39 is 111 Å². The molecule has 1 aromatic heterocycles. The molecular weight excluding hydrogens is 871 g/mol. The lowest BCUT2D eigenvalue weighted by Gasteiger charge is -2.50. The zero-order valence-electron chi connectivity index (χ0n) is 36.3. The lowest BCUT2D eigenvalue weighted by Crippen LogP contribution is -2.71. The minimum Gasteiger partial charge on any atom is -0.494 e. The summed E-state index contributed by atoms with van der Waals surface area (Å²) in [6.07, 6.45) is -4.31. The van der Waals surface area contributed by atoms with Gasteiger partial charge in [-0.2, -0.15) is 18.2 Å². The normalized spacial score (nSPS) is 31.3. The van der Waals surface area contributed by atoms with Crippen LogP contribution in [-0.4, -0.2) is 126 Å². The molecule has 0 spiro atoms. The van der Waals surface area contributed by atoms with E-state index in [0.29, 0.717) is 31.1 Å². The number of halogens is 4. The van der Waals surface area contributed by atoms with Crippen LogP contribution in [0.5, 0.6) is 17.5 Å². The standard InChI is InChI=1S/C43H55F4N5O11S/c1-6-25-16-24(2)10-7-8-11-27-21-42(27,38(55)50-64(58,59)40(3)13-14-40)49-35(53)31-19-28(63-36-29-20-30(44)32(60-4)17-26(29)18-33(48-36)61-5)22-51(31)37(54)34(25)52(39(56)57)41(43(45,46)47)12-9-15-62-23-41/h8,11,17-18,20,24-25,27-28,31,34H,6-7,9-10,12-16,19,21-23H2,1-5H3,(H,49,53)(H,50,55)(H,56,57)/b11-8-/t24-,25-,27-,28-,31+,34+,41?,42-/m1/s1. The number of nitrogens with zero attached hydrogens (tertiary/aromatic N) is 3. The molecule has 8 atom stereocenters. The van der Waals surface area contributed by atoms with Crippen molar-refractivity contribution < 1.29 is 69.2 Å². The SMILES string of the molecule is CC[C@@H]1C[C@H](C)CC/C=C\[C@@H]2C[C@@]2(C(=O)NS(=O)(=O)C2(C)CC2)NC(=O)[C@@H]2C[C@@H](Oc3nc(OC)cc4cc(OC)c(F)cc34)CN2C(=O)[C@H]1N(C(=O)O)C1(C(F)(F)F)CCCOC1. The van der Waals surface area contributed by atoms with Crippen LogP contribution in [0, 0.1) is 23.6 Å². The summed E-state index contributed by atoms with van der Waals surface area (Å²) in [4.78, 5) is 63.4. The molecule has 7 rings (SSSR count). The highest BCUT2D eigenvalue weighted by atomic mass is 32.2. The average molecular weight is 926 g/mol. The van der Waals surface area contributed by atoms with Crippen LogP contribution in [0.1, 0.15) is 85.0 Å². The maximum absolute atomic E-state index is 15.5. The summed E-state index contributed by atoms with van der Waals surface area (Å²) in [5.74, 6) is -5.95. The molecule has 4 fully saturated rings. The average Bonchev–Trinajstić information content (AvgIpc) is 4.12. The molecule has 0 bridgehead atoms. The Morgan fingerprint density at radius 3 is 2.47 bits per heavy atom. The number of pyridine rings is 1. The zero-order chi connectivity index (χ0) is 46.6. The Hall–Kier alpha value is -4.92. The van der Waals surface area contributed by atoms with E-state index >= 15 is 22.4 Å². The number of carbonyl (C=O) groups excluding carboxylic acids is 3. The summed E-state index contributed by atoms with van der Waals surface area (Å²) in [5.41, 5.74) is -4.92. The Kier molecular flexibility index (Phi) is 12.8. The van der Waals surface area contributed by atoms with Crippen LogP contribution in [0.25, 0.3) is 10.8 Å². The molecule has 4 heterocycles. The van der Waals surface area contributed by atoms with Crippen LogP contribution in [-0.2, 0) is 29.1 Å². The van der Waals surface area contributed by atoms with Gasteiger partial charge >= 0.3 is 12.3 Å². The monoisotopic (exact) mass is 925 g/mol. The summed E-state index contributed by atoms with van der Waals surface area (Å²) in [7, 11) is -1.56. The molecule has 2 aliphatic carbocycles. The van der Waals surface area contributed by atoms with E-state index in [4.69, 9.17) is 18.9 Å². The maximum Gasteiger partial charge on any atom is 0.414 e. The fraction of sp³-hybridized carbons (Fsp3) is 0.651. The number of amides is 4. The van der Waals surface area contributed by atoms with Crippen molar-refractivity contribution in [2.24, 2.45) is 17.8 Å². The van der Waals surface area contributed by atoms with Gasteiger partial charge in [0.1, 0.15) is 23.7 Å². The summed E-state index contributed by atoms with van der Waals surface area (Å²) < 4.78 is 111. The minimum atomic E-state index is -5.19. The predicted molar refractivity (Wildman–Crippen MR) is 221 cm³/mol. The minimum absolute atomic E-state index is 0.000367. The Morgan fingerprint density at radius 1 is 1.12 bits per heavy atom. The van der Waals surface area contributed by atoms with E-state index in [9.17, 15) is 27.9 Å². The van der Waals surface area contributed by atoms with E-state index in [1.165, 1.54) is 33.3 Å². The molecule has 2 aromatic rings. The van der Waals surface area contributed by atoms with Gasteiger partial charge in [0.25, 0.3) is 5.91 Å². The van der Waals surface area contributed by atoms with E-state index in [1.807, 2.05) is 6.92 Å². The molecule has 2 saturated carbocycles. The number of ether oxygens (including phenoxy) is 4. The number of fused-ring (bicyclic) bond motifs is 3. The van der Waals surface area contributed by atoms with Crippen LogP contribution >= 0.6 is 0 Å². The predicted octanol–water partition coefficient (Wildman–Crippen LogP) is 5.48. The number of nitrogens with one attached hydrogen (secondary N) is 2. The second-order valence-electron chi connectivity index (χ2n) is 18.1. The first-order chi connectivity index (χ1) is 30.1. The molecule has 4 amide bonds. The molecule has 2 saturated heterocycles. The van der Waals surface area contributed by atoms with Crippen molar-refractivity contribution in [1.29, 1.82) is 0 Å². The van der Waals surface area contributed by atoms with Crippen molar-refractivity contribution in [2.45, 2.75) is 125 Å². The number of methoxy groups -OCH3 is 2. The van der Waals surface area contributed by atoms with Crippen LogP contribution in [0.3, 0.4) is 0 Å². The van der Waals surface area contributed by atoms with Gasteiger partial charge in [-0.3, -0.25) is 24.0 Å². The van der Waals surface area contributed by atoms with Gasteiger partial charge in [-0.15, -0.1) is 0 Å². The summed E-state index contributed by atoms with van der Waals surface area (Å²) in [6.45, 7) is 3.40. The van der Waals surface area contributed by atoms with Gasteiger partial charge in [-0.25, -0.2) is 17.6 Å². The highest BCUT2D eigenvalue weighted by Gasteiger charge is 2.66. The molecule has 3 N–H and O–H groups in total. The van der Waals surface area contributed by atoms with Crippen LogP contribution in [0.2, 0.25) is 0 Å². The van der Waals surface area contributed by atoms with Gasteiger partial charge in [0.05, 0.1) is 32.1 Å². The quantitative estimate of drug-likeness (QED) is 0.201. The van der Waals surface area contributed by atoms with Crippen molar-refractivity contribution in [3.05, 3.63) is 36.2 Å². The van der Waals surface area contributed by atoms with Crippen LogP contribution in [0.15, 0.2) is 30.4 Å². The number of carbonyl (C=O) groups is 4. The van der Waals surface area contributed by atoms with E-state index in [1.54, 1.807) is 19.1 Å². The number of aromatic nitrogens is 1. The molecule has 21 heteroatoms. The fourth-order valence-electron chi connectivity index (χ4n) is 9.53. The lowest BCUT2D eigenvalue weighted by molar-refractivity contribution is -0.260. The van der Waals surface area contributed by atoms with Crippen LogP contribution < -0.4 is 24.2 Å². The Balaban J connectivity index is 1.34. The largest absolute Gasteiger partial charge is 0.494 e. The first-order valence-corrected chi connectivity index (χ1v) is 23.0. The number of alkyl halides is 3. The molecule has 0 radical (unpaired) electrons. The third-order valence-corrected chi connectivity index (χ3v) is 16.0.